The second-order valence-corrected chi connectivity index (χ2v) is 5.93. The van der Waals surface area contributed by atoms with Gasteiger partial charge in [-0.05, 0) is 18.8 Å². The van der Waals surface area contributed by atoms with Crippen molar-refractivity contribution in [1.29, 1.82) is 0 Å². The van der Waals surface area contributed by atoms with Gasteiger partial charge in [-0.2, -0.15) is 13.1 Å². The standard InChI is InChI=1S/C10H10F2O7S.Na/c11-10(12,20-19-18-15)8(14)17-9-3-4-1-5(6(9)2-4)7(13)16-9;/h4-6,15H,1-3H2;/q;+1/p-1. The number of esters is 2. The Morgan fingerprint density at radius 2 is 2.19 bits per heavy atom. The summed E-state index contributed by atoms with van der Waals surface area (Å²) in [5, 5.41) is 8.15. The molecule has 3 aliphatic rings. The molecule has 0 radical (unpaired) electrons. The van der Waals surface area contributed by atoms with E-state index in [0.717, 1.165) is 0 Å². The van der Waals surface area contributed by atoms with E-state index in [9.17, 15) is 23.6 Å². The summed E-state index contributed by atoms with van der Waals surface area (Å²) in [7, 11) is 0. The number of fused-ring (bicyclic) bond motifs is 1. The number of rotatable bonds is 5. The SMILES string of the molecule is O=C1OC2(OC(=O)C(F)(F)SOO[O-])CC3CC1C2C3.[Na+]. The summed E-state index contributed by atoms with van der Waals surface area (Å²) >= 11 is -0.769. The van der Waals surface area contributed by atoms with Crippen molar-refractivity contribution in [3.05, 3.63) is 0 Å². The molecule has 0 aromatic rings. The Morgan fingerprint density at radius 3 is 2.81 bits per heavy atom. The first-order valence-corrected chi connectivity index (χ1v) is 6.60. The van der Waals surface area contributed by atoms with Crippen LogP contribution in [0, 0.1) is 17.8 Å². The molecule has 2 aliphatic carbocycles. The van der Waals surface area contributed by atoms with Crippen LogP contribution in [0.1, 0.15) is 19.3 Å². The van der Waals surface area contributed by atoms with Crippen LogP contribution in [-0.2, 0) is 28.4 Å². The van der Waals surface area contributed by atoms with Crippen LogP contribution < -0.4 is 34.8 Å². The second-order valence-electron chi connectivity index (χ2n) is 5.11. The van der Waals surface area contributed by atoms with Gasteiger partial charge in [-0.15, -0.1) is 0 Å². The molecular formula is C10H9F2NaO7S. The van der Waals surface area contributed by atoms with E-state index in [1.807, 2.05) is 0 Å². The van der Waals surface area contributed by atoms with Gasteiger partial charge in [0.1, 0.15) is 12.0 Å². The van der Waals surface area contributed by atoms with Gasteiger partial charge in [-0.1, -0.05) is 0 Å². The third-order valence-corrected chi connectivity index (χ3v) is 4.54. The Balaban J connectivity index is 0.00000161. The number of hydrogen-bond acceptors (Lipinski definition) is 8. The molecule has 7 nitrogen and oxygen atoms in total. The molecule has 21 heavy (non-hydrogen) atoms. The molecule has 112 valence electrons. The topological polar surface area (TPSA) is 94.1 Å². The summed E-state index contributed by atoms with van der Waals surface area (Å²) in [6, 6.07) is 0. The monoisotopic (exact) mass is 334 g/mol. The molecule has 0 spiro atoms. The minimum Gasteiger partial charge on any atom is -0.691 e. The van der Waals surface area contributed by atoms with E-state index in [0.29, 0.717) is 12.8 Å². The van der Waals surface area contributed by atoms with Gasteiger partial charge in [-0.25, -0.2) is 4.79 Å². The fraction of sp³-hybridized carbons (Fsp3) is 0.800. The van der Waals surface area contributed by atoms with Crippen LogP contribution in [0.25, 0.3) is 0 Å². The molecule has 0 aromatic heterocycles. The smallest absolute Gasteiger partial charge is 0.691 e. The zero-order valence-electron chi connectivity index (χ0n) is 10.9. The fourth-order valence-electron chi connectivity index (χ4n) is 3.42. The maximum absolute atomic E-state index is 13.3. The maximum Gasteiger partial charge on any atom is 1.00 e. The number of carbonyl (C=O) groups is 2. The minimum absolute atomic E-state index is 0. The Bertz CT molecular complexity index is 465. The van der Waals surface area contributed by atoms with Crippen molar-refractivity contribution >= 4 is 24.0 Å². The van der Waals surface area contributed by atoms with Crippen molar-refractivity contribution in [3.63, 3.8) is 0 Å². The summed E-state index contributed by atoms with van der Waals surface area (Å²) in [4.78, 5) is 23.1. The van der Waals surface area contributed by atoms with E-state index >= 15 is 0 Å². The molecule has 3 fully saturated rings. The molecule has 2 saturated carbocycles. The van der Waals surface area contributed by atoms with Gasteiger partial charge in [0.25, 0.3) is 5.79 Å². The summed E-state index contributed by atoms with van der Waals surface area (Å²) < 4.78 is 39.9. The molecule has 1 saturated heterocycles. The first-order valence-electron chi connectivity index (χ1n) is 5.86. The van der Waals surface area contributed by atoms with Crippen LogP contribution in [0.4, 0.5) is 8.78 Å². The van der Waals surface area contributed by atoms with E-state index in [2.05, 4.69) is 9.37 Å². The average molecular weight is 334 g/mol. The Labute approximate surface area is 144 Å². The van der Waals surface area contributed by atoms with Crippen molar-refractivity contribution in [1.82, 2.24) is 0 Å². The normalized spacial score (nSPS) is 36.3. The van der Waals surface area contributed by atoms with Crippen molar-refractivity contribution in [2.24, 2.45) is 17.8 Å². The number of alkyl halides is 2. The third-order valence-electron chi connectivity index (χ3n) is 4.04. The largest absolute Gasteiger partial charge is 1.00 e. The third kappa shape index (κ3) is 2.82. The maximum atomic E-state index is 13.3. The molecule has 0 amide bonds. The molecule has 11 heteroatoms. The average Bonchev–Trinajstić information content (AvgIpc) is 2.96. The zero-order valence-corrected chi connectivity index (χ0v) is 13.7. The fourth-order valence-corrected chi connectivity index (χ4v) is 3.64. The predicted molar refractivity (Wildman–Crippen MR) is 53.9 cm³/mol. The summed E-state index contributed by atoms with van der Waals surface area (Å²) in [6.07, 6.45) is 1.48. The summed E-state index contributed by atoms with van der Waals surface area (Å²) in [6.45, 7) is 0. The molecule has 4 unspecified atom stereocenters. The van der Waals surface area contributed by atoms with Gasteiger partial charge in [0, 0.05) is 6.42 Å². The molecular weight excluding hydrogens is 325 g/mol. The van der Waals surface area contributed by atoms with E-state index in [-0.39, 0.29) is 53.7 Å². The van der Waals surface area contributed by atoms with Gasteiger partial charge in [0.2, 0.25) is 0 Å². The Kier molecular flexibility index (Phi) is 4.89. The summed E-state index contributed by atoms with van der Waals surface area (Å²) in [5.74, 6) is -4.67. The van der Waals surface area contributed by atoms with E-state index in [4.69, 9.17) is 9.47 Å². The van der Waals surface area contributed by atoms with Crippen LogP contribution >= 0.6 is 12.0 Å². The van der Waals surface area contributed by atoms with Gasteiger partial charge in [-0.3, -0.25) is 9.83 Å². The number of carbonyl (C=O) groups excluding carboxylic acids is 2. The first kappa shape index (κ1) is 17.4. The van der Waals surface area contributed by atoms with Gasteiger partial charge < -0.3 is 14.7 Å². The van der Waals surface area contributed by atoms with Crippen LogP contribution in [0.15, 0.2) is 0 Å². The van der Waals surface area contributed by atoms with Crippen LogP contribution in [0.5, 0.6) is 0 Å². The van der Waals surface area contributed by atoms with Gasteiger partial charge in [0.15, 0.2) is 0 Å². The van der Waals surface area contributed by atoms with Crippen molar-refractivity contribution in [3.8, 4) is 0 Å². The van der Waals surface area contributed by atoms with Crippen molar-refractivity contribution in [2.75, 3.05) is 0 Å². The molecule has 4 atom stereocenters. The zero-order chi connectivity index (χ0) is 14.5. The molecule has 0 aromatic carbocycles. The molecule has 0 N–H and O–H groups in total. The molecule has 2 bridgehead atoms. The predicted octanol–water partition coefficient (Wildman–Crippen LogP) is -2.70. The second kappa shape index (κ2) is 5.91. The Hall–Kier alpha value is 0.0300. The van der Waals surface area contributed by atoms with Gasteiger partial charge >= 0.3 is 46.8 Å². The van der Waals surface area contributed by atoms with Crippen molar-refractivity contribution in [2.45, 2.75) is 30.3 Å². The molecule has 1 aliphatic heterocycles. The van der Waals surface area contributed by atoms with E-state index in [1.165, 1.54) is 0 Å². The van der Waals surface area contributed by atoms with E-state index in [1.54, 1.807) is 0 Å². The number of ether oxygens (including phenoxy) is 2. The summed E-state index contributed by atoms with van der Waals surface area (Å²) in [5.41, 5.74) is 0. The van der Waals surface area contributed by atoms with Gasteiger partial charge in [0.05, 0.1) is 11.8 Å². The quantitative estimate of drug-likeness (QED) is 0.176. The minimum atomic E-state index is -4.13. The first-order chi connectivity index (χ1) is 9.38. The van der Waals surface area contributed by atoms with Crippen LogP contribution in [0.2, 0.25) is 0 Å². The van der Waals surface area contributed by atoms with Crippen molar-refractivity contribution < 1.29 is 72.0 Å². The Morgan fingerprint density at radius 1 is 1.48 bits per heavy atom. The molecule has 3 rings (SSSR count). The number of halogens is 2. The van der Waals surface area contributed by atoms with E-state index < -0.39 is 35.0 Å². The van der Waals surface area contributed by atoms with Crippen LogP contribution in [0.3, 0.4) is 0 Å². The molecule has 1 heterocycles. The van der Waals surface area contributed by atoms with Crippen LogP contribution in [-0.4, -0.2) is 23.0 Å². The number of hydrogen-bond donors (Lipinski definition) is 0.